The Bertz CT molecular complexity index is 1210. The van der Waals surface area contributed by atoms with Gasteiger partial charge in [0, 0.05) is 56.2 Å². The van der Waals surface area contributed by atoms with Crippen molar-refractivity contribution in [2.24, 2.45) is 0 Å². The quantitative estimate of drug-likeness (QED) is 0.531. The van der Waals surface area contributed by atoms with Crippen molar-refractivity contribution in [1.29, 1.82) is 0 Å². The largest absolute Gasteiger partial charge is 0.373 e. The zero-order chi connectivity index (χ0) is 23.6. The average Bonchev–Trinajstić information content (AvgIpc) is 3.08. The van der Waals surface area contributed by atoms with Crippen LogP contribution in [-0.4, -0.2) is 35.4 Å². The van der Waals surface area contributed by atoms with E-state index in [1.807, 2.05) is 37.4 Å². The molecule has 0 spiro atoms. The molecule has 0 saturated carbocycles. The molecule has 8 nitrogen and oxygen atoms in total. The van der Waals surface area contributed by atoms with E-state index in [4.69, 9.17) is 0 Å². The molecule has 2 aromatic heterocycles. The lowest BCUT2D eigenvalue weighted by molar-refractivity contribution is -0.116. The molecule has 3 heterocycles. The second-order valence-electron chi connectivity index (χ2n) is 8.73. The van der Waals surface area contributed by atoms with Gasteiger partial charge in [-0.15, -0.1) is 0 Å². The van der Waals surface area contributed by atoms with Crippen LogP contribution in [0.15, 0.2) is 54.9 Å². The Morgan fingerprint density at radius 2 is 1.91 bits per heavy atom. The number of benzene rings is 1. The Kier molecular flexibility index (Phi) is 6.00. The highest BCUT2D eigenvalue weighted by molar-refractivity contribution is 6.08. The lowest BCUT2D eigenvalue weighted by atomic mass is 9.87. The predicted octanol–water partition coefficient (Wildman–Crippen LogP) is 4.03. The Balaban J connectivity index is 1.53. The van der Waals surface area contributed by atoms with Crippen LogP contribution in [0.4, 0.5) is 23.0 Å². The van der Waals surface area contributed by atoms with Gasteiger partial charge in [-0.3, -0.25) is 9.59 Å². The van der Waals surface area contributed by atoms with Crippen molar-refractivity contribution < 1.29 is 9.59 Å². The molecule has 8 heteroatoms. The van der Waals surface area contributed by atoms with E-state index in [0.29, 0.717) is 30.2 Å². The number of carbonyl (C=O) groups is 2. The number of hydrogen-bond acceptors (Lipinski definition) is 6. The summed E-state index contributed by atoms with van der Waals surface area (Å²) in [7, 11) is 1.82. The molecule has 1 aliphatic rings. The number of nitrogens with zero attached hydrogens (tertiary/aromatic N) is 3. The number of hydrogen-bond donors (Lipinski definition) is 3. The maximum atomic E-state index is 13.1. The summed E-state index contributed by atoms with van der Waals surface area (Å²) < 4.78 is 0. The van der Waals surface area contributed by atoms with Crippen LogP contribution in [0.2, 0.25) is 0 Å². The molecule has 0 unspecified atom stereocenters. The monoisotopic (exact) mass is 444 g/mol. The predicted molar refractivity (Wildman–Crippen MR) is 131 cm³/mol. The second-order valence-corrected chi connectivity index (χ2v) is 8.73. The molecule has 0 radical (unpaired) electrons. The molecule has 0 aliphatic carbocycles. The number of anilines is 4. The van der Waals surface area contributed by atoms with Gasteiger partial charge in [0.15, 0.2) is 0 Å². The highest BCUT2D eigenvalue weighted by Crippen LogP contribution is 2.41. The van der Waals surface area contributed by atoms with Crippen LogP contribution in [0.1, 0.15) is 42.3 Å². The molecule has 0 bridgehead atoms. The molecule has 0 atom stereocenters. The zero-order valence-electron chi connectivity index (χ0n) is 19.3. The summed E-state index contributed by atoms with van der Waals surface area (Å²) in [5.74, 6) is 0.975. The van der Waals surface area contributed by atoms with Gasteiger partial charge < -0.3 is 20.9 Å². The molecule has 3 aromatic rings. The van der Waals surface area contributed by atoms with E-state index in [1.165, 1.54) is 0 Å². The highest BCUT2D eigenvalue weighted by Gasteiger charge is 2.37. The van der Waals surface area contributed by atoms with Crippen LogP contribution in [0.5, 0.6) is 0 Å². The van der Waals surface area contributed by atoms with Gasteiger partial charge in [0.2, 0.25) is 5.91 Å². The Morgan fingerprint density at radius 3 is 2.67 bits per heavy atom. The van der Waals surface area contributed by atoms with E-state index < -0.39 is 0 Å². The molecule has 0 fully saturated rings. The van der Waals surface area contributed by atoms with Crippen molar-refractivity contribution in [3.8, 4) is 0 Å². The number of pyridine rings is 2. The summed E-state index contributed by atoms with van der Waals surface area (Å²) in [5.41, 5.74) is 3.88. The van der Waals surface area contributed by atoms with Gasteiger partial charge in [-0.25, -0.2) is 9.97 Å². The van der Waals surface area contributed by atoms with Crippen molar-refractivity contribution >= 4 is 34.8 Å². The SMILES string of the molecule is CNc1cc(CNc2ncccc2C(=O)Nc2ccc3c(c2)N(C(C)=O)CC3(C)C)ccn1. The number of amides is 2. The smallest absolute Gasteiger partial charge is 0.259 e. The number of fused-ring (bicyclic) bond motifs is 1. The van der Waals surface area contributed by atoms with Gasteiger partial charge in [-0.1, -0.05) is 19.9 Å². The third-order valence-electron chi connectivity index (χ3n) is 5.80. The fourth-order valence-corrected chi connectivity index (χ4v) is 4.09. The molecule has 3 N–H and O–H groups in total. The molecule has 4 rings (SSSR count). The topological polar surface area (TPSA) is 99.2 Å². The number of aromatic nitrogens is 2. The maximum absolute atomic E-state index is 13.1. The lowest BCUT2D eigenvalue weighted by Gasteiger charge is -2.19. The van der Waals surface area contributed by atoms with Crippen LogP contribution >= 0.6 is 0 Å². The van der Waals surface area contributed by atoms with E-state index in [0.717, 1.165) is 22.6 Å². The summed E-state index contributed by atoms with van der Waals surface area (Å²) in [6, 6.07) is 13.0. The normalized spacial score (nSPS) is 13.9. The molecule has 1 aromatic carbocycles. The number of nitrogens with one attached hydrogen (secondary N) is 3. The molecule has 1 aliphatic heterocycles. The number of carbonyl (C=O) groups excluding carboxylic acids is 2. The summed E-state index contributed by atoms with van der Waals surface area (Å²) in [4.78, 5) is 35.6. The second kappa shape index (κ2) is 8.90. The third kappa shape index (κ3) is 4.64. The first kappa shape index (κ1) is 22.3. The minimum atomic E-state index is -0.275. The molecular weight excluding hydrogens is 416 g/mol. The van der Waals surface area contributed by atoms with E-state index in [1.54, 1.807) is 36.4 Å². The molecule has 2 amide bonds. The van der Waals surface area contributed by atoms with Crippen LogP contribution in [0.25, 0.3) is 0 Å². The average molecular weight is 445 g/mol. The van der Waals surface area contributed by atoms with E-state index >= 15 is 0 Å². The summed E-state index contributed by atoms with van der Waals surface area (Å²) >= 11 is 0. The first-order chi connectivity index (χ1) is 15.8. The van der Waals surface area contributed by atoms with Crippen LogP contribution in [0.3, 0.4) is 0 Å². The highest BCUT2D eigenvalue weighted by atomic mass is 16.2. The lowest BCUT2D eigenvalue weighted by Crippen LogP contribution is -2.32. The van der Waals surface area contributed by atoms with Gasteiger partial charge in [0.1, 0.15) is 11.6 Å². The van der Waals surface area contributed by atoms with Gasteiger partial charge in [-0.2, -0.15) is 0 Å². The van der Waals surface area contributed by atoms with E-state index in [9.17, 15) is 9.59 Å². The molecule has 0 saturated heterocycles. The van der Waals surface area contributed by atoms with Crippen molar-refractivity contribution in [1.82, 2.24) is 9.97 Å². The first-order valence-corrected chi connectivity index (χ1v) is 10.8. The van der Waals surface area contributed by atoms with Gasteiger partial charge in [0.25, 0.3) is 5.91 Å². The Hall–Kier alpha value is -3.94. The minimum Gasteiger partial charge on any atom is -0.373 e. The fourth-order valence-electron chi connectivity index (χ4n) is 4.09. The standard InChI is InChI=1S/C25H28N6O2/c1-16(32)31-15-25(2,3)20-8-7-18(13-21(20)31)30-24(33)19-6-5-10-28-23(19)29-14-17-9-11-27-22(12-17)26-4/h5-13H,14-15H2,1-4H3,(H,26,27)(H,28,29)(H,30,33). The first-order valence-electron chi connectivity index (χ1n) is 10.8. The third-order valence-corrected chi connectivity index (χ3v) is 5.80. The fraction of sp³-hybridized carbons (Fsp3) is 0.280. The van der Waals surface area contributed by atoms with E-state index in [2.05, 4.69) is 39.8 Å². The van der Waals surface area contributed by atoms with Gasteiger partial charge in [-0.05, 0) is 47.5 Å². The van der Waals surface area contributed by atoms with Crippen LogP contribution < -0.4 is 20.9 Å². The van der Waals surface area contributed by atoms with Crippen molar-refractivity contribution in [2.75, 3.05) is 34.4 Å². The molecular formula is C25H28N6O2. The summed E-state index contributed by atoms with van der Waals surface area (Å²) in [6.45, 7) is 6.91. The van der Waals surface area contributed by atoms with Gasteiger partial charge in [0.05, 0.1) is 5.56 Å². The van der Waals surface area contributed by atoms with Crippen molar-refractivity contribution in [3.05, 3.63) is 71.5 Å². The van der Waals surface area contributed by atoms with Crippen molar-refractivity contribution in [3.63, 3.8) is 0 Å². The minimum absolute atomic E-state index is 0.0124. The zero-order valence-corrected chi connectivity index (χ0v) is 19.3. The molecule has 170 valence electrons. The van der Waals surface area contributed by atoms with Crippen molar-refractivity contribution in [2.45, 2.75) is 32.7 Å². The Labute approximate surface area is 193 Å². The van der Waals surface area contributed by atoms with Crippen LogP contribution in [-0.2, 0) is 16.8 Å². The van der Waals surface area contributed by atoms with E-state index in [-0.39, 0.29) is 17.2 Å². The number of rotatable bonds is 6. The summed E-state index contributed by atoms with van der Waals surface area (Å²) in [5, 5.41) is 9.21. The van der Waals surface area contributed by atoms with Gasteiger partial charge >= 0.3 is 0 Å². The molecule has 33 heavy (non-hydrogen) atoms. The maximum Gasteiger partial charge on any atom is 0.259 e. The Morgan fingerprint density at radius 1 is 1.09 bits per heavy atom. The van der Waals surface area contributed by atoms with Crippen LogP contribution in [0, 0.1) is 0 Å². The summed E-state index contributed by atoms with van der Waals surface area (Å²) in [6.07, 6.45) is 3.38.